The Hall–Kier alpha value is -2.69. The Labute approximate surface area is 140 Å². The molecule has 0 heterocycles. The summed E-state index contributed by atoms with van der Waals surface area (Å²) in [5, 5.41) is 2.59. The molecule has 1 amide bonds. The van der Waals surface area contributed by atoms with E-state index in [1.165, 1.54) is 18.2 Å². The molecule has 0 saturated carbocycles. The van der Waals surface area contributed by atoms with Gasteiger partial charge in [0, 0.05) is 5.69 Å². The first-order valence-corrected chi connectivity index (χ1v) is 7.95. The number of nitrogens with one attached hydrogen (secondary N) is 1. The van der Waals surface area contributed by atoms with Crippen LogP contribution < -0.4 is 5.32 Å². The van der Waals surface area contributed by atoms with Gasteiger partial charge in [0.05, 0.1) is 17.7 Å². The van der Waals surface area contributed by atoms with Gasteiger partial charge >= 0.3 is 5.97 Å². The second-order valence-corrected chi connectivity index (χ2v) is 5.35. The predicted molar refractivity (Wildman–Crippen MR) is 90.6 cm³/mol. The topological polar surface area (TPSA) is 55.4 Å². The Balaban J connectivity index is 1.93. The average Bonchev–Trinajstić information content (AvgIpc) is 2.59. The van der Waals surface area contributed by atoms with E-state index in [0.717, 1.165) is 19.3 Å². The molecule has 24 heavy (non-hydrogen) atoms. The number of rotatable bonds is 7. The van der Waals surface area contributed by atoms with Gasteiger partial charge in [-0.3, -0.25) is 4.79 Å². The Bertz CT molecular complexity index is 698. The first-order valence-electron chi connectivity index (χ1n) is 7.95. The van der Waals surface area contributed by atoms with Crippen LogP contribution in [0, 0.1) is 5.82 Å². The summed E-state index contributed by atoms with van der Waals surface area (Å²) in [6.45, 7) is 2.48. The van der Waals surface area contributed by atoms with Crippen molar-refractivity contribution in [2.24, 2.45) is 0 Å². The van der Waals surface area contributed by atoms with E-state index < -0.39 is 17.7 Å². The van der Waals surface area contributed by atoms with Crippen molar-refractivity contribution in [3.8, 4) is 0 Å². The van der Waals surface area contributed by atoms with Crippen LogP contribution in [0.15, 0.2) is 48.5 Å². The molecule has 0 atom stereocenters. The van der Waals surface area contributed by atoms with E-state index in [4.69, 9.17) is 4.74 Å². The van der Waals surface area contributed by atoms with Crippen LogP contribution in [-0.4, -0.2) is 18.5 Å². The van der Waals surface area contributed by atoms with Crippen LogP contribution in [0.2, 0.25) is 0 Å². The van der Waals surface area contributed by atoms with Crippen LogP contribution >= 0.6 is 0 Å². The molecular formula is C19H20FNO3. The summed E-state index contributed by atoms with van der Waals surface area (Å²) in [5.74, 6) is -1.51. The first kappa shape index (κ1) is 17.7. The number of hydrogen-bond donors (Lipinski definition) is 1. The fourth-order valence-corrected chi connectivity index (χ4v) is 2.13. The normalized spacial score (nSPS) is 10.2. The molecular weight excluding hydrogens is 309 g/mol. The van der Waals surface area contributed by atoms with Crippen LogP contribution in [0.1, 0.15) is 46.9 Å². The first-order chi connectivity index (χ1) is 11.6. The standard InChI is InChI=1S/C19H20FNO3/c1-2-3-6-13-24-19(23)14-9-11-15(12-10-14)21-18(22)16-7-4-5-8-17(16)20/h4-5,7-12H,2-3,6,13H2,1H3,(H,21,22). The summed E-state index contributed by atoms with van der Waals surface area (Å²) in [4.78, 5) is 23.9. The number of halogens is 1. The van der Waals surface area contributed by atoms with Crippen molar-refractivity contribution in [1.82, 2.24) is 0 Å². The van der Waals surface area contributed by atoms with Crippen molar-refractivity contribution in [1.29, 1.82) is 0 Å². The number of ether oxygens (including phenoxy) is 1. The molecule has 0 spiro atoms. The van der Waals surface area contributed by atoms with Crippen LogP contribution in [0.5, 0.6) is 0 Å². The number of amides is 1. The van der Waals surface area contributed by atoms with Crippen molar-refractivity contribution in [2.75, 3.05) is 11.9 Å². The number of esters is 1. The smallest absolute Gasteiger partial charge is 0.338 e. The Kier molecular flexibility index (Phi) is 6.49. The average molecular weight is 329 g/mol. The molecule has 4 nitrogen and oxygen atoms in total. The molecule has 0 fully saturated rings. The second-order valence-electron chi connectivity index (χ2n) is 5.35. The van der Waals surface area contributed by atoms with E-state index in [1.54, 1.807) is 30.3 Å². The third-order valence-corrected chi connectivity index (χ3v) is 3.48. The summed E-state index contributed by atoms with van der Waals surface area (Å²) in [7, 11) is 0. The summed E-state index contributed by atoms with van der Waals surface area (Å²) in [6.07, 6.45) is 2.93. The molecule has 1 N–H and O–H groups in total. The van der Waals surface area contributed by atoms with Gasteiger partial charge in [-0.2, -0.15) is 0 Å². The highest BCUT2D eigenvalue weighted by Gasteiger charge is 2.12. The Morgan fingerprint density at radius 1 is 1.04 bits per heavy atom. The van der Waals surface area contributed by atoms with Crippen molar-refractivity contribution in [3.05, 3.63) is 65.5 Å². The van der Waals surface area contributed by atoms with Gasteiger partial charge in [0.15, 0.2) is 0 Å². The molecule has 2 aromatic carbocycles. The molecule has 0 aliphatic heterocycles. The third kappa shape index (κ3) is 4.91. The quantitative estimate of drug-likeness (QED) is 0.604. The summed E-state index contributed by atoms with van der Waals surface area (Å²) in [6, 6.07) is 12.1. The van der Waals surface area contributed by atoms with E-state index in [1.807, 2.05) is 0 Å². The lowest BCUT2D eigenvalue weighted by atomic mass is 10.1. The minimum Gasteiger partial charge on any atom is -0.462 e. The summed E-state index contributed by atoms with van der Waals surface area (Å²) < 4.78 is 18.7. The van der Waals surface area contributed by atoms with E-state index in [9.17, 15) is 14.0 Å². The molecule has 0 saturated heterocycles. The second kappa shape index (κ2) is 8.82. The van der Waals surface area contributed by atoms with Crippen LogP contribution in [0.4, 0.5) is 10.1 Å². The number of carbonyl (C=O) groups excluding carboxylic acids is 2. The lowest BCUT2D eigenvalue weighted by molar-refractivity contribution is 0.0498. The van der Waals surface area contributed by atoms with E-state index in [2.05, 4.69) is 12.2 Å². The highest BCUT2D eigenvalue weighted by atomic mass is 19.1. The molecule has 0 bridgehead atoms. The lowest BCUT2D eigenvalue weighted by Crippen LogP contribution is -2.14. The zero-order valence-corrected chi connectivity index (χ0v) is 13.5. The largest absolute Gasteiger partial charge is 0.462 e. The van der Waals surface area contributed by atoms with Crippen LogP contribution in [0.3, 0.4) is 0 Å². The van der Waals surface area contributed by atoms with Gasteiger partial charge in [-0.15, -0.1) is 0 Å². The molecule has 0 aliphatic rings. The zero-order valence-electron chi connectivity index (χ0n) is 13.5. The molecule has 2 rings (SSSR count). The van der Waals surface area contributed by atoms with Gasteiger partial charge < -0.3 is 10.1 Å². The van der Waals surface area contributed by atoms with Gasteiger partial charge in [0.2, 0.25) is 0 Å². The summed E-state index contributed by atoms with van der Waals surface area (Å²) in [5.41, 5.74) is 0.859. The maximum atomic E-state index is 13.6. The highest BCUT2D eigenvalue weighted by molar-refractivity contribution is 6.04. The molecule has 0 aliphatic carbocycles. The number of hydrogen-bond acceptors (Lipinski definition) is 3. The van der Waals surface area contributed by atoms with E-state index in [-0.39, 0.29) is 5.56 Å². The maximum absolute atomic E-state index is 13.6. The number of anilines is 1. The Morgan fingerprint density at radius 3 is 2.42 bits per heavy atom. The molecule has 0 radical (unpaired) electrons. The third-order valence-electron chi connectivity index (χ3n) is 3.48. The molecule has 0 aromatic heterocycles. The van der Waals surface area contributed by atoms with Crippen LogP contribution in [0.25, 0.3) is 0 Å². The molecule has 5 heteroatoms. The lowest BCUT2D eigenvalue weighted by Gasteiger charge is -2.08. The minimum atomic E-state index is -0.581. The molecule has 2 aromatic rings. The number of benzene rings is 2. The number of unbranched alkanes of at least 4 members (excludes halogenated alkanes) is 2. The fraction of sp³-hybridized carbons (Fsp3) is 0.263. The van der Waals surface area contributed by atoms with Crippen molar-refractivity contribution in [3.63, 3.8) is 0 Å². The highest BCUT2D eigenvalue weighted by Crippen LogP contribution is 2.14. The predicted octanol–water partition coefficient (Wildman–Crippen LogP) is 4.43. The van der Waals surface area contributed by atoms with Gasteiger partial charge in [0.1, 0.15) is 5.82 Å². The van der Waals surface area contributed by atoms with Crippen LogP contribution in [-0.2, 0) is 4.74 Å². The van der Waals surface area contributed by atoms with Gasteiger partial charge in [-0.05, 0) is 42.8 Å². The van der Waals surface area contributed by atoms with E-state index in [0.29, 0.717) is 17.9 Å². The zero-order chi connectivity index (χ0) is 17.4. The van der Waals surface area contributed by atoms with Crippen molar-refractivity contribution in [2.45, 2.75) is 26.2 Å². The monoisotopic (exact) mass is 329 g/mol. The van der Waals surface area contributed by atoms with Gasteiger partial charge in [-0.1, -0.05) is 31.9 Å². The number of carbonyl (C=O) groups is 2. The summed E-state index contributed by atoms with van der Waals surface area (Å²) >= 11 is 0. The minimum absolute atomic E-state index is 0.0306. The fourth-order valence-electron chi connectivity index (χ4n) is 2.13. The molecule has 0 unspecified atom stereocenters. The van der Waals surface area contributed by atoms with Crippen molar-refractivity contribution < 1.29 is 18.7 Å². The van der Waals surface area contributed by atoms with Gasteiger partial charge in [0.25, 0.3) is 5.91 Å². The SMILES string of the molecule is CCCCCOC(=O)c1ccc(NC(=O)c2ccccc2F)cc1. The van der Waals surface area contributed by atoms with E-state index >= 15 is 0 Å². The van der Waals surface area contributed by atoms with Gasteiger partial charge in [-0.25, -0.2) is 9.18 Å². The van der Waals surface area contributed by atoms with Crippen molar-refractivity contribution >= 4 is 17.6 Å². The maximum Gasteiger partial charge on any atom is 0.338 e. The molecule has 126 valence electrons. The Morgan fingerprint density at radius 2 is 1.75 bits per heavy atom.